The van der Waals surface area contributed by atoms with Crippen LogP contribution in [0.4, 0.5) is 17.1 Å². The third kappa shape index (κ3) is 5.25. The Morgan fingerprint density at radius 3 is 1.86 bits per heavy atom. The SMILES string of the molecule is CCCCC(CC)Cc1ccc(N(c2ccccc2)c2ccc(C)cc2)cc1. The lowest BCUT2D eigenvalue weighted by Gasteiger charge is -2.26. The number of para-hydroxylation sites is 1. The minimum atomic E-state index is 0.799. The molecule has 1 nitrogen and oxygen atoms in total. The Labute approximate surface area is 171 Å². The molecule has 0 spiro atoms. The molecule has 0 amide bonds. The smallest absolute Gasteiger partial charge is 0.0461 e. The molecule has 0 saturated heterocycles. The third-order valence-corrected chi connectivity index (χ3v) is 5.57. The molecule has 0 aliphatic heterocycles. The number of rotatable bonds is 9. The molecule has 1 unspecified atom stereocenters. The average Bonchev–Trinajstić information content (AvgIpc) is 2.74. The van der Waals surface area contributed by atoms with Gasteiger partial charge in [0.2, 0.25) is 0 Å². The highest BCUT2D eigenvalue weighted by molar-refractivity contribution is 5.76. The fourth-order valence-corrected chi connectivity index (χ4v) is 3.78. The molecule has 146 valence electrons. The Morgan fingerprint density at radius 1 is 0.714 bits per heavy atom. The summed E-state index contributed by atoms with van der Waals surface area (Å²) in [6, 6.07) is 28.6. The van der Waals surface area contributed by atoms with E-state index in [0.29, 0.717) is 0 Å². The van der Waals surface area contributed by atoms with E-state index in [1.54, 1.807) is 0 Å². The van der Waals surface area contributed by atoms with Crippen molar-refractivity contribution in [2.24, 2.45) is 5.92 Å². The van der Waals surface area contributed by atoms with E-state index in [2.05, 4.69) is 105 Å². The van der Waals surface area contributed by atoms with E-state index in [1.165, 1.54) is 60.3 Å². The van der Waals surface area contributed by atoms with E-state index in [0.717, 1.165) is 5.92 Å². The molecule has 28 heavy (non-hydrogen) atoms. The molecule has 1 atom stereocenters. The Bertz CT molecular complexity index is 818. The minimum absolute atomic E-state index is 0.799. The van der Waals surface area contributed by atoms with E-state index in [-0.39, 0.29) is 0 Å². The van der Waals surface area contributed by atoms with Gasteiger partial charge in [-0.2, -0.15) is 0 Å². The zero-order valence-electron chi connectivity index (χ0n) is 17.6. The van der Waals surface area contributed by atoms with Crippen LogP contribution in [0.5, 0.6) is 0 Å². The second-order valence-corrected chi connectivity index (χ2v) is 7.79. The van der Waals surface area contributed by atoms with Gasteiger partial charge in [0.1, 0.15) is 0 Å². The number of hydrogen-bond acceptors (Lipinski definition) is 1. The molecule has 0 N–H and O–H groups in total. The van der Waals surface area contributed by atoms with Crippen LogP contribution >= 0.6 is 0 Å². The average molecular weight is 372 g/mol. The van der Waals surface area contributed by atoms with Crippen molar-refractivity contribution < 1.29 is 0 Å². The van der Waals surface area contributed by atoms with Crippen molar-refractivity contribution in [2.75, 3.05) is 4.90 Å². The first-order valence-corrected chi connectivity index (χ1v) is 10.7. The summed E-state index contributed by atoms with van der Waals surface area (Å²) in [7, 11) is 0. The number of hydrogen-bond donors (Lipinski definition) is 0. The Kier molecular flexibility index (Phi) is 7.31. The lowest BCUT2D eigenvalue weighted by atomic mass is 9.92. The van der Waals surface area contributed by atoms with Crippen molar-refractivity contribution >= 4 is 17.1 Å². The lowest BCUT2D eigenvalue weighted by Crippen LogP contribution is -2.10. The fourth-order valence-electron chi connectivity index (χ4n) is 3.78. The second-order valence-electron chi connectivity index (χ2n) is 7.79. The number of benzene rings is 3. The van der Waals surface area contributed by atoms with Crippen LogP contribution in [0.25, 0.3) is 0 Å². The molecule has 0 aliphatic rings. The summed E-state index contributed by atoms with van der Waals surface area (Å²) in [6.07, 6.45) is 6.42. The summed E-state index contributed by atoms with van der Waals surface area (Å²) in [4.78, 5) is 2.33. The largest absolute Gasteiger partial charge is 0.311 e. The second kappa shape index (κ2) is 10.1. The van der Waals surface area contributed by atoms with Crippen LogP contribution in [0, 0.1) is 12.8 Å². The van der Waals surface area contributed by atoms with E-state index >= 15 is 0 Å². The van der Waals surface area contributed by atoms with Gasteiger partial charge in [-0.05, 0) is 61.2 Å². The van der Waals surface area contributed by atoms with Gasteiger partial charge in [0, 0.05) is 17.1 Å². The summed E-state index contributed by atoms with van der Waals surface area (Å²) in [5.41, 5.74) is 6.32. The predicted octanol–water partition coefficient (Wildman–Crippen LogP) is 8.22. The summed E-state index contributed by atoms with van der Waals surface area (Å²) in [5, 5.41) is 0. The van der Waals surface area contributed by atoms with Crippen molar-refractivity contribution in [3.05, 3.63) is 90.0 Å². The van der Waals surface area contributed by atoms with Gasteiger partial charge in [-0.25, -0.2) is 0 Å². The third-order valence-electron chi connectivity index (χ3n) is 5.57. The van der Waals surface area contributed by atoms with Crippen molar-refractivity contribution in [3.8, 4) is 0 Å². The van der Waals surface area contributed by atoms with Crippen LogP contribution in [0.2, 0.25) is 0 Å². The zero-order valence-corrected chi connectivity index (χ0v) is 17.6. The normalized spacial score (nSPS) is 12.0. The maximum atomic E-state index is 2.33. The number of nitrogens with zero attached hydrogens (tertiary/aromatic N) is 1. The van der Waals surface area contributed by atoms with Gasteiger partial charge in [-0.1, -0.05) is 87.6 Å². The van der Waals surface area contributed by atoms with E-state index in [1.807, 2.05) is 0 Å². The molecule has 3 aromatic carbocycles. The first kappa shape index (κ1) is 20.2. The molecule has 3 aromatic rings. The highest BCUT2D eigenvalue weighted by Crippen LogP contribution is 2.34. The Balaban J connectivity index is 1.85. The van der Waals surface area contributed by atoms with Crippen molar-refractivity contribution in [2.45, 2.75) is 52.9 Å². The highest BCUT2D eigenvalue weighted by atomic mass is 15.1. The van der Waals surface area contributed by atoms with Crippen LogP contribution in [0.3, 0.4) is 0 Å². The minimum Gasteiger partial charge on any atom is -0.311 e. The van der Waals surface area contributed by atoms with Crippen LogP contribution in [-0.4, -0.2) is 0 Å². The number of aryl methyl sites for hydroxylation is 1. The molecule has 0 radical (unpaired) electrons. The summed E-state index contributed by atoms with van der Waals surface area (Å²) in [6.45, 7) is 6.74. The van der Waals surface area contributed by atoms with Crippen LogP contribution < -0.4 is 4.90 Å². The van der Waals surface area contributed by atoms with Gasteiger partial charge < -0.3 is 4.90 Å². The molecule has 0 saturated carbocycles. The molecular weight excluding hydrogens is 338 g/mol. The first-order chi connectivity index (χ1) is 13.7. The molecule has 0 bridgehead atoms. The van der Waals surface area contributed by atoms with Crippen molar-refractivity contribution in [1.29, 1.82) is 0 Å². The van der Waals surface area contributed by atoms with Crippen molar-refractivity contribution in [1.82, 2.24) is 0 Å². The predicted molar refractivity (Wildman–Crippen MR) is 123 cm³/mol. The Hall–Kier alpha value is -2.54. The highest BCUT2D eigenvalue weighted by Gasteiger charge is 2.13. The molecule has 0 fully saturated rings. The van der Waals surface area contributed by atoms with Gasteiger partial charge in [0.25, 0.3) is 0 Å². The lowest BCUT2D eigenvalue weighted by molar-refractivity contribution is 0.449. The van der Waals surface area contributed by atoms with Gasteiger partial charge in [-0.15, -0.1) is 0 Å². The summed E-state index contributed by atoms with van der Waals surface area (Å²) in [5.74, 6) is 0.799. The molecule has 3 rings (SSSR count). The Morgan fingerprint density at radius 2 is 1.29 bits per heavy atom. The zero-order chi connectivity index (χ0) is 19.8. The van der Waals surface area contributed by atoms with Gasteiger partial charge >= 0.3 is 0 Å². The van der Waals surface area contributed by atoms with Gasteiger partial charge in [-0.3, -0.25) is 0 Å². The van der Waals surface area contributed by atoms with Crippen LogP contribution in [-0.2, 0) is 6.42 Å². The maximum Gasteiger partial charge on any atom is 0.0461 e. The first-order valence-electron chi connectivity index (χ1n) is 10.7. The number of anilines is 3. The fraction of sp³-hybridized carbons (Fsp3) is 0.333. The summed E-state index contributed by atoms with van der Waals surface area (Å²) < 4.78 is 0. The molecule has 1 heteroatoms. The monoisotopic (exact) mass is 371 g/mol. The molecule has 0 heterocycles. The quantitative estimate of drug-likeness (QED) is 0.366. The van der Waals surface area contributed by atoms with Crippen LogP contribution in [0.1, 0.15) is 50.7 Å². The van der Waals surface area contributed by atoms with Crippen LogP contribution in [0.15, 0.2) is 78.9 Å². The van der Waals surface area contributed by atoms with E-state index in [4.69, 9.17) is 0 Å². The summed E-state index contributed by atoms with van der Waals surface area (Å²) >= 11 is 0. The molecule has 0 aliphatic carbocycles. The topological polar surface area (TPSA) is 3.24 Å². The standard InChI is InChI=1S/C27H33N/c1-4-6-10-23(5-2)21-24-15-19-27(20-16-24)28(25-11-8-7-9-12-25)26-17-13-22(3)14-18-26/h7-9,11-20,23H,4-6,10,21H2,1-3H3. The van der Waals surface area contributed by atoms with Gasteiger partial charge in [0.05, 0.1) is 0 Å². The molecule has 0 aromatic heterocycles. The van der Waals surface area contributed by atoms with E-state index in [9.17, 15) is 0 Å². The van der Waals surface area contributed by atoms with Crippen molar-refractivity contribution in [3.63, 3.8) is 0 Å². The van der Waals surface area contributed by atoms with E-state index < -0.39 is 0 Å². The maximum absolute atomic E-state index is 2.33. The number of unbranched alkanes of at least 4 members (excludes halogenated alkanes) is 1. The molecular formula is C27H33N. The van der Waals surface area contributed by atoms with Gasteiger partial charge in [0.15, 0.2) is 0 Å².